The van der Waals surface area contributed by atoms with E-state index in [2.05, 4.69) is 5.32 Å². The van der Waals surface area contributed by atoms with Crippen molar-refractivity contribution in [3.8, 4) is 0 Å². The second-order valence-electron chi connectivity index (χ2n) is 3.46. The molecule has 0 heterocycles. The summed E-state index contributed by atoms with van der Waals surface area (Å²) in [5.41, 5.74) is 1.58. The van der Waals surface area contributed by atoms with Crippen LogP contribution in [0.1, 0.15) is 5.56 Å². The number of rotatable bonds is 6. The molecule has 0 aromatic heterocycles. The molecule has 1 aromatic rings. The maximum absolute atomic E-state index is 10.4. The van der Waals surface area contributed by atoms with E-state index in [1.807, 2.05) is 0 Å². The molecule has 0 aliphatic carbocycles. The van der Waals surface area contributed by atoms with Crippen LogP contribution in [-0.4, -0.2) is 34.7 Å². The standard InChI is InChI=1S/C11H14ClNO3/c12-6-10(14)7-13-9-3-1-8(2-4-9)5-11(15)16/h1-4,10,13-14H,5-7H2,(H,15,16). The van der Waals surface area contributed by atoms with Crippen LogP contribution in [-0.2, 0) is 11.2 Å². The van der Waals surface area contributed by atoms with E-state index in [0.717, 1.165) is 11.3 Å². The van der Waals surface area contributed by atoms with Gasteiger partial charge in [0.25, 0.3) is 0 Å². The maximum atomic E-state index is 10.4. The first-order valence-electron chi connectivity index (χ1n) is 4.90. The topological polar surface area (TPSA) is 69.6 Å². The van der Waals surface area contributed by atoms with Crippen LogP contribution in [0.25, 0.3) is 0 Å². The van der Waals surface area contributed by atoms with Gasteiger partial charge in [-0.15, -0.1) is 11.6 Å². The lowest BCUT2D eigenvalue weighted by Crippen LogP contribution is -2.20. The number of hydrogen-bond donors (Lipinski definition) is 3. The largest absolute Gasteiger partial charge is 0.481 e. The summed E-state index contributed by atoms with van der Waals surface area (Å²) in [6.45, 7) is 0.377. The molecule has 1 rings (SSSR count). The predicted molar refractivity (Wildman–Crippen MR) is 63.0 cm³/mol. The highest BCUT2D eigenvalue weighted by Gasteiger charge is 2.02. The molecule has 1 atom stereocenters. The number of anilines is 1. The van der Waals surface area contributed by atoms with Gasteiger partial charge < -0.3 is 15.5 Å². The molecule has 1 aromatic carbocycles. The third-order valence-electron chi connectivity index (χ3n) is 2.03. The molecule has 0 aliphatic heterocycles. The monoisotopic (exact) mass is 243 g/mol. The Bertz CT molecular complexity index is 340. The number of aliphatic carboxylic acids is 1. The van der Waals surface area contributed by atoms with Crippen LogP contribution in [0.4, 0.5) is 5.69 Å². The lowest BCUT2D eigenvalue weighted by Gasteiger charge is -2.10. The van der Waals surface area contributed by atoms with Gasteiger partial charge in [-0.25, -0.2) is 0 Å². The first-order chi connectivity index (χ1) is 7.61. The zero-order valence-corrected chi connectivity index (χ0v) is 9.44. The first-order valence-corrected chi connectivity index (χ1v) is 5.44. The average Bonchev–Trinajstić information content (AvgIpc) is 2.27. The molecule has 88 valence electrons. The third-order valence-corrected chi connectivity index (χ3v) is 2.39. The van der Waals surface area contributed by atoms with Gasteiger partial charge in [0.05, 0.1) is 18.4 Å². The molecule has 1 unspecified atom stereocenters. The molecule has 4 nitrogen and oxygen atoms in total. The van der Waals surface area contributed by atoms with Crippen LogP contribution >= 0.6 is 11.6 Å². The molecular formula is C11H14ClNO3. The number of nitrogens with one attached hydrogen (secondary N) is 1. The summed E-state index contributed by atoms with van der Waals surface area (Å²) in [5, 5.41) is 20.8. The van der Waals surface area contributed by atoms with Crippen molar-refractivity contribution in [3.63, 3.8) is 0 Å². The Balaban J connectivity index is 2.48. The Morgan fingerprint density at radius 2 is 2.00 bits per heavy atom. The Hall–Kier alpha value is -1.26. The SMILES string of the molecule is O=C(O)Cc1ccc(NCC(O)CCl)cc1. The van der Waals surface area contributed by atoms with Crippen LogP contribution in [0, 0.1) is 0 Å². The lowest BCUT2D eigenvalue weighted by atomic mass is 10.1. The predicted octanol–water partition coefficient (Wildman–Crippen LogP) is 1.33. The number of alkyl halides is 1. The van der Waals surface area contributed by atoms with Crippen LogP contribution in [0.15, 0.2) is 24.3 Å². The molecule has 0 spiro atoms. The number of aliphatic hydroxyl groups is 1. The van der Waals surface area contributed by atoms with Gasteiger partial charge >= 0.3 is 5.97 Å². The van der Waals surface area contributed by atoms with E-state index in [4.69, 9.17) is 16.7 Å². The van der Waals surface area contributed by atoms with E-state index < -0.39 is 12.1 Å². The number of benzene rings is 1. The Morgan fingerprint density at radius 1 is 1.38 bits per heavy atom. The van der Waals surface area contributed by atoms with Crippen molar-refractivity contribution in [2.24, 2.45) is 0 Å². The summed E-state index contributed by atoms with van der Waals surface area (Å²) < 4.78 is 0. The highest BCUT2D eigenvalue weighted by Crippen LogP contribution is 2.10. The van der Waals surface area contributed by atoms with Crippen LogP contribution in [0.2, 0.25) is 0 Å². The van der Waals surface area contributed by atoms with Gasteiger partial charge in [0.1, 0.15) is 0 Å². The summed E-state index contributed by atoms with van der Waals surface area (Å²) >= 11 is 5.45. The minimum Gasteiger partial charge on any atom is -0.481 e. The van der Waals surface area contributed by atoms with Crippen LogP contribution < -0.4 is 5.32 Å². The molecule has 0 saturated heterocycles. The number of carbonyl (C=O) groups is 1. The van der Waals surface area contributed by atoms with Gasteiger partial charge in [0, 0.05) is 12.2 Å². The molecule has 3 N–H and O–H groups in total. The van der Waals surface area contributed by atoms with Gasteiger partial charge in [-0.2, -0.15) is 0 Å². The number of halogens is 1. The first kappa shape index (κ1) is 12.8. The van der Waals surface area contributed by atoms with Crippen molar-refractivity contribution in [2.45, 2.75) is 12.5 Å². The van der Waals surface area contributed by atoms with Crippen molar-refractivity contribution < 1.29 is 15.0 Å². The van der Waals surface area contributed by atoms with E-state index in [1.54, 1.807) is 24.3 Å². The van der Waals surface area contributed by atoms with Crippen molar-refractivity contribution in [1.82, 2.24) is 0 Å². The fraction of sp³-hybridized carbons (Fsp3) is 0.364. The summed E-state index contributed by atoms with van der Waals surface area (Å²) in [5.74, 6) is -0.664. The summed E-state index contributed by atoms with van der Waals surface area (Å²) in [6.07, 6.45) is -0.565. The van der Waals surface area contributed by atoms with Gasteiger partial charge in [0.15, 0.2) is 0 Å². The van der Waals surface area contributed by atoms with Crippen molar-refractivity contribution >= 4 is 23.3 Å². The van der Waals surface area contributed by atoms with E-state index >= 15 is 0 Å². The van der Waals surface area contributed by atoms with E-state index in [-0.39, 0.29) is 12.3 Å². The summed E-state index contributed by atoms with van der Waals surface area (Å²) in [7, 11) is 0. The molecule has 0 aliphatic rings. The smallest absolute Gasteiger partial charge is 0.307 e. The molecule has 0 amide bonds. The highest BCUT2D eigenvalue weighted by atomic mass is 35.5. The second-order valence-corrected chi connectivity index (χ2v) is 3.77. The average molecular weight is 244 g/mol. The fourth-order valence-electron chi connectivity index (χ4n) is 1.21. The van der Waals surface area contributed by atoms with E-state index in [9.17, 15) is 9.90 Å². The zero-order valence-electron chi connectivity index (χ0n) is 8.69. The van der Waals surface area contributed by atoms with Crippen molar-refractivity contribution in [3.05, 3.63) is 29.8 Å². The Labute approximate surface area is 98.9 Å². The zero-order chi connectivity index (χ0) is 12.0. The summed E-state index contributed by atoms with van der Waals surface area (Å²) in [6, 6.07) is 7.03. The molecule has 0 radical (unpaired) electrons. The van der Waals surface area contributed by atoms with Crippen LogP contribution in [0.3, 0.4) is 0 Å². The minimum absolute atomic E-state index is 0.0184. The second kappa shape index (κ2) is 6.35. The van der Waals surface area contributed by atoms with Gasteiger partial charge in [0.2, 0.25) is 0 Å². The fourth-order valence-corrected chi connectivity index (χ4v) is 1.31. The quantitative estimate of drug-likeness (QED) is 0.660. The van der Waals surface area contributed by atoms with Gasteiger partial charge in [-0.1, -0.05) is 12.1 Å². The van der Waals surface area contributed by atoms with Crippen LogP contribution in [0.5, 0.6) is 0 Å². The molecule has 0 fully saturated rings. The summed E-state index contributed by atoms with van der Waals surface area (Å²) in [4.78, 5) is 10.4. The van der Waals surface area contributed by atoms with Crippen molar-refractivity contribution in [2.75, 3.05) is 17.7 Å². The molecule has 5 heteroatoms. The number of hydrogen-bond acceptors (Lipinski definition) is 3. The number of carboxylic acids is 1. The number of aliphatic hydroxyl groups excluding tert-OH is 1. The normalized spacial score (nSPS) is 12.1. The van der Waals surface area contributed by atoms with Crippen molar-refractivity contribution in [1.29, 1.82) is 0 Å². The number of carboxylic acid groups (broad SMARTS) is 1. The maximum Gasteiger partial charge on any atom is 0.307 e. The Kier molecular flexibility index (Phi) is 5.08. The third kappa shape index (κ3) is 4.51. The van der Waals surface area contributed by atoms with Gasteiger partial charge in [-0.05, 0) is 17.7 Å². The molecular weight excluding hydrogens is 230 g/mol. The minimum atomic E-state index is -0.849. The Morgan fingerprint density at radius 3 is 2.50 bits per heavy atom. The van der Waals surface area contributed by atoms with E-state index in [0.29, 0.717) is 6.54 Å². The molecule has 16 heavy (non-hydrogen) atoms. The molecule has 0 bridgehead atoms. The van der Waals surface area contributed by atoms with Gasteiger partial charge in [-0.3, -0.25) is 4.79 Å². The highest BCUT2D eigenvalue weighted by molar-refractivity contribution is 6.18. The lowest BCUT2D eigenvalue weighted by molar-refractivity contribution is -0.136. The van der Waals surface area contributed by atoms with E-state index in [1.165, 1.54) is 0 Å². The molecule has 0 saturated carbocycles.